The SMILES string of the molecule is CCc1cc2c(N3CCN(C(=O)/C=C/c4ccc(OC)c(OC)c4)CC3)ncnc2s1. The van der Waals surface area contributed by atoms with E-state index in [4.69, 9.17) is 9.47 Å². The summed E-state index contributed by atoms with van der Waals surface area (Å²) in [6.07, 6.45) is 6.06. The number of carbonyl (C=O) groups excluding carboxylic acids is 1. The molecule has 1 fully saturated rings. The van der Waals surface area contributed by atoms with Crippen LogP contribution >= 0.6 is 11.3 Å². The number of ether oxygens (including phenoxy) is 2. The Balaban J connectivity index is 1.40. The zero-order chi connectivity index (χ0) is 21.8. The topological polar surface area (TPSA) is 67.8 Å². The third-order valence-corrected chi connectivity index (χ3v) is 6.61. The number of fused-ring (bicyclic) bond motifs is 1. The molecule has 162 valence electrons. The number of carbonyl (C=O) groups is 1. The number of aromatic nitrogens is 2. The summed E-state index contributed by atoms with van der Waals surface area (Å²) in [4.78, 5) is 28.1. The standard InChI is InChI=1S/C23H26N4O3S/c1-4-17-14-18-22(24-15-25-23(18)31-17)27-11-9-26(10-12-27)21(28)8-6-16-5-7-19(29-2)20(13-16)30-3/h5-8,13-15H,4,9-12H2,1-3H3/b8-6+. The van der Waals surface area contributed by atoms with E-state index in [2.05, 4.69) is 27.9 Å². The lowest BCUT2D eigenvalue weighted by Crippen LogP contribution is -2.48. The second kappa shape index (κ2) is 9.34. The van der Waals surface area contributed by atoms with Gasteiger partial charge in [0.15, 0.2) is 11.5 Å². The lowest BCUT2D eigenvalue weighted by atomic mass is 10.2. The van der Waals surface area contributed by atoms with Crippen LogP contribution in [0.15, 0.2) is 36.7 Å². The van der Waals surface area contributed by atoms with Gasteiger partial charge in [-0.1, -0.05) is 13.0 Å². The number of hydrogen-bond donors (Lipinski definition) is 0. The van der Waals surface area contributed by atoms with Crippen molar-refractivity contribution in [3.05, 3.63) is 47.1 Å². The molecule has 1 aliphatic heterocycles. The van der Waals surface area contributed by atoms with E-state index in [-0.39, 0.29) is 5.91 Å². The van der Waals surface area contributed by atoms with Crippen molar-refractivity contribution in [3.63, 3.8) is 0 Å². The van der Waals surface area contributed by atoms with Gasteiger partial charge in [0.05, 0.1) is 19.6 Å². The molecular formula is C23H26N4O3S. The lowest BCUT2D eigenvalue weighted by molar-refractivity contribution is -0.126. The van der Waals surface area contributed by atoms with Crippen LogP contribution in [0.4, 0.5) is 5.82 Å². The number of amides is 1. The van der Waals surface area contributed by atoms with Crippen LogP contribution in [-0.2, 0) is 11.2 Å². The number of thiophene rings is 1. The van der Waals surface area contributed by atoms with E-state index in [1.54, 1.807) is 38.0 Å². The van der Waals surface area contributed by atoms with Gasteiger partial charge >= 0.3 is 0 Å². The normalized spacial score (nSPS) is 14.4. The highest BCUT2D eigenvalue weighted by Crippen LogP contribution is 2.31. The average molecular weight is 439 g/mol. The van der Waals surface area contributed by atoms with Gasteiger partial charge in [-0.25, -0.2) is 9.97 Å². The summed E-state index contributed by atoms with van der Waals surface area (Å²) in [5, 5.41) is 1.11. The molecule has 1 amide bonds. The first-order valence-corrected chi connectivity index (χ1v) is 11.1. The van der Waals surface area contributed by atoms with Crippen LogP contribution in [0.2, 0.25) is 0 Å². The van der Waals surface area contributed by atoms with E-state index >= 15 is 0 Å². The zero-order valence-corrected chi connectivity index (χ0v) is 18.8. The monoisotopic (exact) mass is 438 g/mol. The van der Waals surface area contributed by atoms with Crippen LogP contribution in [0.3, 0.4) is 0 Å². The Morgan fingerprint density at radius 1 is 1.10 bits per heavy atom. The summed E-state index contributed by atoms with van der Waals surface area (Å²) in [5.41, 5.74) is 0.886. The summed E-state index contributed by atoms with van der Waals surface area (Å²) < 4.78 is 10.6. The maximum atomic E-state index is 12.7. The van der Waals surface area contributed by atoms with Gasteiger partial charge in [-0.2, -0.15) is 0 Å². The first kappa shape index (κ1) is 21.1. The Kier molecular flexibility index (Phi) is 6.36. The maximum Gasteiger partial charge on any atom is 0.246 e. The molecule has 1 aromatic carbocycles. The average Bonchev–Trinajstić information content (AvgIpc) is 3.26. The Morgan fingerprint density at radius 2 is 1.87 bits per heavy atom. The number of rotatable bonds is 6. The van der Waals surface area contributed by atoms with Gasteiger partial charge in [0.1, 0.15) is 17.0 Å². The minimum absolute atomic E-state index is 0.00562. The van der Waals surface area contributed by atoms with E-state index in [9.17, 15) is 4.79 Å². The molecule has 2 aromatic heterocycles. The molecule has 1 aliphatic rings. The highest BCUT2D eigenvalue weighted by molar-refractivity contribution is 7.18. The molecule has 1 saturated heterocycles. The molecule has 0 unspecified atom stereocenters. The molecular weight excluding hydrogens is 412 g/mol. The molecule has 7 nitrogen and oxygen atoms in total. The quantitative estimate of drug-likeness (QED) is 0.548. The molecule has 3 heterocycles. The summed E-state index contributed by atoms with van der Waals surface area (Å²) in [6, 6.07) is 7.78. The van der Waals surface area contributed by atoms with Crippen LogP contribution in [-0.4, -0.2) is 61.2 Å². The van der Waals surface area contributed by atoms with Crippen molar-refractivity contribution in [1.29, 1.82) is 0 Å². The lowest BCUT2D eigenvalue weighted by Gasteiger charge is -2.35. The van der Waals surface area contributed by atoms with Crippen LogP contribution in [0, 0.1) is 0 Å². The predicted octanol–water partition coefficient (Wildman–Crippen LogP) is 3.63. The van der Waals surface area contributed by atoms with E-state index in [0.717, 1.165) is 41.1 Å². The summed E-state index contributed by atoms with van der Waals surface area (Å²) in [5.74, 6) is 2.28. The molecule has 0 saturated carbocycles. The first-order chi connectivity index (χ1) is 15.1. The highest BCUT2D eigenvalue weighted by Gasteiger charge is 2.22. The first-order valence-electron chi connectivity index (χ1n) is 10.3. The fraction of sp³-hybridized carbons (Fsp3) is 0.348. The molecule has 31 heavy (non-hydrogen) atoms. The summed E-state index contributed by atoms with van der Waals surface area (Å²) in [6.45, 7) is 4.97. The van der Waals surface area contributed by atoms with Gasteiger partial charge in [0, 0.05) is 37.1 Å². The van der Waals surface area contributed by atoms with Crippen LogP contribution in [0.25, 0.3) is 16.3 Å². The maximum absolute atomic E-state index is 12.7. The Morgan fingerprint density at radius 3 is 2.58 bits per heavy atom. The number of hydrogen-bond acceptors (Lipinski definition) is 7. The van der Waals surface area contributed by atoms with Gasteiger partial charge in [0.25, 0.3) is 0 Å². The third-order valence-electron chi connectivity index (χ3n) is 5.42. The van der Waals surface area contributed by atoms with Crippen molar-refractivity contribution >= 4 is 39.4 Å². The van der Waals surface area contributed by atoms with Crippen molar-refractivity contribution in [1.82, 2.24) is 14.9 Å². The van der Waals surface area contributed by atoms with E-state index in [1.165, 1.54) is 4.88 Å². The van der Waals surface area contributed by atoms with Gasteiger partial charge in [-0.3, -0.25) is 4.79 Å². The van der Waals surface area contributed by atoms with Crippen LogP contribution in [0.1, 0.15) is 17.4 Å². The Labute approximate surface area is 185 Å². The number of methoxy groups -OCH3 is 2. The Hall–Kier alpha value is -3.13. The van der Waals surface area contributed by atoms with Gasteiger partial charge in [0.2, 0.25) is 5.91 Å². The molecule has 0 atom stereocenters. The molecule has 4 rings (SSSR count). The molecule has 0 N–H and O–H groups in total. The zero-order valence-electron chi connectivity index (χ0n) is 18.0. The van der Waals surface area contributed by atoms with E-state index < -0.39 is 0 Å². The molecule has 0 spiro atoms. The minimum atomic E-state index is 0.00562. The molecule has 3 aromatic rings. The smallest absolute Gasteiger partial charge is 0.246 e. The fourth-order valence-electron chi connectivity index (χ4n) is 3.69. The second-order valence-electron chi connectivity index (χ2n) is 7.24. The van der Waals surface area contributed by atoms with Gasteiger partial charge in [-0.15, -0.1) is 11.3 Å². The highest BCUT2D eigenvalue weighted by atomic mass is 32.1. The molecule has 0 radical (unpaired) electrons. The van der Waals surface area contributed by atoms with Crippen molar-refractivity contribution in [2.24, 2.45) is 0 Å². The third kappa shape index (κ3) is 4.49. The number of aryl methyl sites for hydroxylation is 1. The molecule has 0 bridgehead atoms. The fourth-order valence-corrected chi connectivity index (χ4v) is 4.62. The molecule has 0 aliphatic carbocycles. The van der Waals surface area contributed by atoms with E-state index in [1.807, 2.05) is 29.2 Å². The van der Waals surface area contributed by atoms with Crippen LogP contribution < -0.4 is 14.4 Å². The van der Waals surface area contributed by atoms with Crippen molar-refractivity contribution in [2.45, 2.75) is 13.3 Å². The van der Waals surface area contributed by atoms with Gasteiger partial charge < -0.3 is 19.3 Å². The van der Waals surface area contributed by atoms with Gasteiger partial charge in [-0.05, 0) is 36.3 Å². The summed E-state index contributed by atoms with van der Waals surface area (Å²) >= 11 is 1.72. The number of nitrogens with zero attached hydrogens (tertiary/aromatic N) is 4. The van der Waals surface area contributed by atoms with Crippen molar-refractivity contribution in [3.8, 4) is 11.5 Å². The predicted molar refractivity (Wildman–Crippen MR) is 124 cm³/mol. The van der Waals surface area contributed by atoms with Crippen molar-refractivity contribution in [2.75, 3.05) is 45.3 Å². The van der Waals surface area contributed by atoms with E-state index in [0.29, 0.717) is 24.6 Å². The second-order valence-corrected chi connectivity index (χ2v) is 8.36. The number of piperazine rings is 1. The largest absolute Gasteiger partial charge is 0.493 e. The minimum Gasteiger partial charge on any atom is -0.493 e. The molecule has 8 heteroatoms. The Bertz CT molecular complexity index is 1100. The number of anilines is 1. The van der Waals surface area contributed by atoms with Crippen LogP contribution in [0.5, 0.6) is 11.5 Å². The number of benzene rings is 1. The van der Waals surface area contributed by atoms with Crippen molar-refractivity contribution < 1.29 is 14.3 Å². The summed E-state index contributed by atoms with van der Waals surface area (Å²) in [7, 11) is 3.20.